The lowest BCUT2D eigenvalue weighted by Crippen LogP contribution is -2.43. The Hall–Kier alpha value is -2.42. The van der Waals surface area contributed by atoms with Crippen LogP contribution in [0.5, 0.6) is 0 Å². The molecule has 0 unspecified atom stereocenters. The van der Waals surface area contributed by atoms with Gasteiger partial charge in [0.1, 0.15) is 0 Å². The van der Waals surface area contributed by atoms with Crippen molar-refractivity contribution in [3.63, 3.8) is 0 Å². The van der Waals surface area contributed by atoms with Gasteiger partial charge >= 0.3 is 11.7 Å². The third kappa shape index (κ3) is 2.99. The number of carbonyl (C=O) groups is 1. The summed E-state index contributed by atoms with van der Waals surface area (Å²) in [5, 5.41) is 0. The number of fused-ring (bicyclic) bond motifs is 1. The summed E-state index contributed by atoms with van der Waals surface area (Å²) in [5.74, 6) is 0. The van der Waals surface area contributed by atoms with Crippen molar-refractivity contribution in [2.24, 2.45) is 0 Å². The number of aromatic amines is 1. The van der Waals surface area contributed by atoms with E-state index in [1.807, 2.05) is 18.4 Å². The van der Waals surface area contributed by atoms with Gasteiger partial charge in [-0.15, -0.1) is 0 Å². The third-order valence-corrected chi connectivity index (χ3v) is 4.92. The molecule has 0 atom stereocenters. The van der Waals surface area contributed by atoms with E-state index in [0.29, 0.717) is 18.7 Å². The molecule has 3 heterocycles. The summed E-state index contributed by atoms with van der Waals surface area (Å²) in [6, 6.07) is -0.330. The van der Waals surface area contributed by atoms with Gasteiger partial charge in [0, 0.05) is 19.1 Å². The fraction of sp³-hybridized carbons (Fsp3) is 0.625. The number of hydrogen-bond acceptors (Lipinski definition) is 5. The normalized spacial score (nSPS) is 16.4. The second-order valence-corrected chi connectivity index (χ2v) is 6.41. The molecule has 9 nitrogen and oxygen atoms in total. The van der Waals surface area contributed by atoms with Crippen LogP contribution in [0.15, 0.2) is 15.9 Å². The fourth-order valence-electron chi connectivity index (χ4n) is 3.40. The number of amides is 1. The van der Waals surface area contributed by atoms with Gasteiger partial charge in [0.25, 0.3) is 5.56 Å². The zero-order valence-electron chi connectivity index (χ0n) is 14.9. The predicted octanol–water partition coefficient (Wildman–Crippen LogP) is 0.463. The minimum absolute atomic E-state index is 0.109. The Labute approximate surface area is 144 Å². The summed E-state index contributed by atoms with van der Waals surface area (Å²) in [4.78, 5) is 47.6. The summed E-state index contributed by atoms with van der Waals surface area (Å²) in [7, 11) is 2.06. The van der Waals surface area contributed by atoms with E-state index in [4.69, 9.17) is 0 Å². The molecule has 1 amide bonds. The maximum atomic E-state index is 12.9. The molecule has 2 aromatic rings. The largest absolute Gasteiger partial charge is 0.338 e. The van der Waals surface area contributed by atoms with Crippen molar-refractivity contribution in [3.05, 3.63) is 27.2 Å². The second kappa shape index (κ2) is 6.83. The highest BCUT2D eigenvalue weighted by Crippen LogP contribution is 2.24. The molecule has 25 heavy (non-hydrogen) atoms. The first kappa shape index (κ1) is 17.4. The molecule has 0 bridgehead atoms. The summed E-state index contributed by atoms with van der Waals surface area (Å²) in [5.41, 5.74) is -0.862. The van der Waals surface area contributed by atoms with Crippen molar-refractivity contribution >= 4 is 17.2 Å². The maximum Gasteiger partial charge on any atom is 0.338 e. The van der Waals surface area contributed by atoms with Crippen molar-refractivity contribution in [3.8, 4) is 0 Å². The highest BCUT2D eigenvalue weighted by molar-refractivity contribution is 5.86. The first-order chi connectivity index (χ1) is 12.0. The van der Waals surface area contributed by atoms with Gasteiger partial charge in [0.15, 0.2) is 11.2 Å². The molecule has 1 N–H and O–H groups in total. The van der Waals surface area contributed by atoms with Crippen LogP contribution >= 0.6 is 0 Å². The number of hydrogen-bond donors (Lipinski definition) is 1. The van der Waals surface area contributed by atoms with E-state index in [9.17, 15) is 14.4 Å². The Morgan fingerprint density at radius 1 is 1.28 bits per heavy atom. The molecule has 0 saturated carbocycles. The van der Waals surface area contributed by atoms with Crippen molar-refractivity contribution in [2.45, 2.75) is 32.7 Å². The zero-order valence-corrected chi connectivity index (χ0v) is 14.9. The van der Waals surface area contributed by atoms with E-state index in [1.165, 1.54) is 0 Å². The first-order valence-electron chi connectivity index (χ1n) is 8.67. The van der Waals surface area contributed by atoms with E-state index in [0.717, 1.165) is 30.5 Å². The number of carbonyl (C=O) groups excluding carboxylic acids is 1. The molecule has 1 saturated heterocycles. The Bertz CT molecular complexity index is 883. The lowest BCUT2D eigenvalue weighted by molar-refractivity contribution is 0.203. The topological polar surface area (TPSA) is 96.2 Å². The van der Waals surface area contributed by atoms with Crippen LogP contribution in [0.2, 0.25) is 0 Å². The van der Waals surface area contributed by atoms with Crippen molar-refractivity contribution in [2.75, 3.05) is 33.2 Å². The number of piperidine rings is 1. The maximum absolute atomic E-state index is 12.9. The number of H-pyrrole nitrogens is 1. The molecule has 136 valence electrons. The van der Waals surface area contributed by atoms with E-state index in [-0.39, 0.29) is 11.6 Å². The van der Waals surface area contributed by atoms with E-state index in [1.54, 1.807) is 11.2 Å². The summed E-state index contributed by atoms with van der Waals surface area (Å²) >= 11 is 0. The van der Waals surface area contributed by atoms with Gasteiger partial charge in [-0.1, -0.05) is 0 Å². The molecule has 0 aromatic carbocycles. The van der Waals surface area contributed by atoms with Gasteiger partial charge in [-0.2, -0.15) is 4.57 Å². The van der Waals surface area contributed by atoms with Gasteiger partial charge in [-0.3, -0.25) is 9.78 Å². The van der Waals surface area contributed by atoms with Gasteiger partial charge < -0.3 is 14.4 Å². The summed E-state index contributed by atoms with van der Waals surface area (Å²) in [6.45, 7) is 6.49. The molecule has 1 aliphatic heterocycles. The first-order valence-corrected chi connectivity index (χ1v) is 8.67. The highest BCUT2D eigenvalue weighted by atomic mass is 16.2. The SMILES string of the molecule is CCN(CC)C(=O)n1c(=O)[nH]c(=O)c2ncn(C3CCN(C)CC3)c21. The molecule has 1 fully saturated rings. The summed E-state index contributed by atoms with van der Waals surface area (Å²) in [6.07, 6.45) is 3.33. The van der Waals surface area contributed by atoms with Gasteiger partial charge in [-0.05, 0) is 46.8 Å². The molecule has 0 radical (unpaired) electrons. The summed E-state index contributed by atoms with van der Waals surface area (Å²) < 4.78 is 2.87. The number of imidazole rings is 1. The van der Waals surface area contributed by atoms with Crippen molar-refractivity contribution in [1.29, 1.82) is 0 Å². The van der Waals surface area contributed by atoms with Crippen molar-refractivity contribution < 1.29 is 4.79 Å². The standard InChI is InChI=1S/C16H24N6O3/c1-4-20(5-2)16(25)22-14-12(13(23)18-15(22)24)17-10-21(14)11-6-8-19(3)9-7-11/h10-11H,4-9H2,1-3H3,(H,18,23,24). The van der Waals surface area contributed by atoms with E-state index in [2.05, 4.69) is 21.9 Å². The Balaban J connectivity index is 2.19. The van der Waals surface area contributed by atoms with Crippen LogP contribution < -0.4 is 11.2 Å². The van der Waals surface area contributed by atoms with Crippen LogP contribution in [0.1, 0.15) is 32.7 Å². The van der Waals surface area contributed by atoms with Gasteiger partial charge in [0.2, 0.25) is 0 Å². The second-order valence-electron chi connectivity index (χ2n) is 6.41. The Morgan fingerprint density at radius 2 is 1.92 bits per heavy atom. The monoisotopic (exact) mass is 348 g/mol. The molecular weight excluding hydrogens is 324 g/mol. The average Bonchev–Trinajstić information content (AvgIpc) is 3.02. The number of rotatable bonds is 3. The van der Waals surface area contributed by atoms with Crippen LogP contribution in [0.3, 0.4) is 0 Å². The zero-order chi connectivity index (χ0) is 18.1. The third-order valence-electron chi connectivity index (χ3n) is 4.92. The van der Waals surface area contributed by atoms with Gasteiger partial charge in [-0.25, -0.2) is 14.6 Å². The minimum Gasteiger partial charge on any atom is -0.324 e. The molecule has 2 aromatic heterocycles. The fourth-order valence-corrected chi connectivity index (χ4v) is 3.40. The average molecular weight is 348 g/mol. The Morgan fingerprint density at radius 3 is 2.52 bits per heavy atom. The molecule has 0 spiro atoms. The van der Waals surface area contributed by atoms with E-state index < -0.39 is 17.3 Å². The molecule has 9 heteroatoms. The smallest absolute Gasteiger partial charge is 0.324 e. The minimum atomic E-state index is -0.718. The lowest BCUT2D eigenvalue weighted by atomic mass is 10.1. The van der Waals surface area contributed by atoms with Crippen LogP contribution in [0, 0.1) is 0 Å². The number of likely N-dealkylation sites (tertiary alicyclic amines) is 1. The van der Waals surface area contributed by atoms with E-state index >= 15 is 0 Å². The van der Waals surface area contributed by atoms with Crippen LogP contribution in [-0.2, 0) is 0 Å². The number of nitrogens with one attached hydrogen (secondary N) is 1. The predicted molar refractivity (Wildman–Crippen MR) is 94.1 cm³/mol. The number of nitrogens with zero attached hydrogens (tertiary/aromatic N) is 5. The van der Waals surface area contributed by atoms with Crippen LogP contribution in [-0.4, -0.2) is 68.2 Å². The quantitative estimate of drug-likeness (QED) is 0.869. The van der Waals surface area contributed by atoms with Crippen molar-refractivity contribution in [1.82, 2.24) is 28.9 Å². The lowest BCUT2D eigenvalue weighted by Gasteiger charge is -2.30. The van der Waals surface area contributed by atoms with Crippen LogP contribution in [0.4, 0.5) is 4.79 Å². The highest BCUT2D eigenvalue weighted by Gasteiger charge is 2.26. The van der Waals surface area contributed by atoms with Crippen LogP contribution in [0.25, 0.3) is 11.2 Å². The molecule has 3 rings (SSSR count). The molecule has 1 aliphatic rings. The Kier molecular flexibility index (Phi) is 4.76. The van der Waals surface area contributed by atoms with Gasteiger partial charge in [0.05, 0.1) is 6.33 Å². The molecular formula is C16H24N6O3. The molecule has 0 aliphatic carbocycles. The number of aromatic nitrogens is 4.